The van der Waals surface area contributed by atoms with Crippen LogP contribution in [0.2, 0.25) is 5.28 Å². The molecular formula is C8H13ClN6O. The first-order chi connectivity index (χ1) is 7.40. The van der Waals surface area contributed by atoms with Crippen molar-refractivity contribution >= 4 is 29.4 Å². The molecule has 16 heavy (non-hydrogen) atoms. The second-order valence-corrected chi connectivity index (χ2v) is 3.76. The van der Waals surface area contributed by atoms with Gasteiger partial charge in [0.25, 0.3) is 0 Å². The van der Waals surface area contributed by atoms with Gasteiger partial charge < -0.3 is 15.5 Å². The van der Waals surface area contributed by atoms with Crippen molar-refractivity contribution in [2.24, 2.45) is 5.73 Å². The third kappa shape index (κ3) is 3.20. The fourth-order valence-electron chi connectivity index (χ4n) is 1.00. The molecule has 0 radical (unpaired) electrons. The van der Waals surface area contributed by atoms with E-state index in [2.05, 4.69) is 15.0 Å². The summed E-state index contributed by atoms with van der Waals surface area (Å²) in [6, 6.07) is 0. The van der Waals surface area contributed by atoms with Gasteiger partial charge in [0.05, 0.1) is 6.54 Å². The van der Waals surface area contributed by atoms with Crippen molar-refractivity contribution in [3.63, 3.8) is 0 Å². The van der Waals surface area contributed by atoms with Crippen LogP contribution in [0, 0.1) is 0 Å². The minimum Gasteiger partial charge on any atom is -0.368 e. The molecule has 1 aromatic rings. The van der Waals surface area contributed by atoms with E-state index in [1.807, 2.05) is 0 Å². The number of carbonyl (C=O) groups is 1. The molecule has 0 aliphatic heterocycles. The zero-order valence-electron chi connectivity index (χ0n) is 9.31. The number of carbonyl (C=O) groups excluding carboxylic acids is 1. The number of likely N-dealkylation sites (N-methyl/N-ethyl adjacent to an activating group) is 1. The standard InChI is InChI=1S/C8H13ClN6O/c1-14(2)7-11-6(9)12-8(13-7)15(3)4-5(10)16/h4H2,1-3H3,(H2,10,16). The van der Waals surface area contributed by atoms with Gasteiger partial charge in [-0.2, -0.15) is 15.0 Å². The topological polar surface area (TPSA) is 88.2 Å². The number of amides is 1. The Morgan fingerprint density at radius 1 is 1.25 bits per heavy atom. The van der Waals surface area contributed by atoms with Gasteiger partial charge in [0.2, 0.25) is 23.1 Å². The Hall–Kier alpha value is -1.63. The van der Waals surface area contributed by atoms with Gasteiger partial charge in [0, 0.05) is 21.1 Å². The Kier molecular flexibility index (Phi) is 3.83. The highest BCUT2D eigenvalue weighted by molar-refractivity contribution is 6.28. The summed E-state index contributed by atoms with van der Waals surface area (Å²) in [6.07, 6.45) is 0. The summed E-state index contributed by atoms with van der Waals surface area (Å²) < 4.78 is 0. The number of nitrogens with zero attached hydrogens (tertiary/aromatic N) is 5. The molecule has 0 spiro atoms. The van der Waals surface area contributed by atoms with Crippen molar-refractivity contribution in [1.82, 2.24) is 15.0 Å². The number of halogens is 1. The highest BCUT2D eigenvalue weighted by atomic mass is 35.5. The SMILES string of the molecule is CN(C)c1nc(Cl)nc(N(C)CC(N)=O)n1. The van der Waals surface area contributed by atoms with E-state index in [4.69, 9.17) is 17.3 Å². The number of aromatic nitrogens is 3. The summed E-state index contributed by atoms with van der Waals surface area (Å²) in [5.41, 5.74) is 5.07. The summed E-state index contributed by atoms with van der Waals surface area (Å²) in [6.45, 7) is 0.0210. The molecule has 0 aliphatic rings. The molecule has 88 valence electrons. The average Bonchev–Trinajstić information content (AvgIpc) is 2.15. The quantitative estimate of drug-likeness (QED) is 0.769. The molecule has 1 amide bonds. The van der Waals surface area contributed by atoms with Crippen LogP contribution in [0.1, 0.15) is 0 Å². The van der Waals surface area contributed by atoms with Gasteiger partial charge in [-0.05, 0) is 11.6 Å². The maximum atomic E-state index is 10.8. The maximum Gasteiger partial charge on any atom is 0.237 e. The van der Waals surface area contributed by atoms with Gasteiger partial charge in [0.1, 0.15) is 0 Å². The largest absolute Gasteiger partial charge is 0.368 e. The fraction of sp³-hybridized carbons (Fsp3) is 0.500. The third-order valence-electron chi connectivity index (χ3n) is 1.72. The number of hydrogen-bond acceptors (Lipinski definition) is 6. The zero-order valence-corrected chi connectivity index (χ0v) is 10.1. The monoisotopic (exact) mass is 244 g/mol. The van der Waals surface area contributed by atoms with Crippen LogP contribution >= 0.6 is 11.6 Å². The molecule has 1 rings (SSSR count). The van der Waals surface area contributed by atoms with Gasteiger partial charge >= 0.3 is 0 Å². The smallest absolute Gasteiger partial charge is 0.237 e. The number of primary amides is 1. The van der Waals surface area contributed by atoms with Crippen molar-refractivity contribution < 1.29 is 4.79 Å². The second kappa shape index (κ2) is 4.93. The van der Waals surface area contributed by atoms with Gasteiger partial charge in [-0.1, -0.05) is 0 Å². The molecule has 0 aromatic carbocycles. The van der Waals surface area contributed by atoms with Gasteiger partial charge in [0.15, 0.2) is 0 Å². The van der Waals surface area contributed by atoms with Crippen molar-refractivity contribution in [2.45, 2.75) is 0 Å². The molecule has 2 N–H and O–H groups in total. The van der Waals surface area contributed by atoms with Crippen LogP contribution in [-0.2, 0) is 4.79 Å². The Morgan fingerprint density at radius 3 is 2.31 bits per heavy atom. The number of anilines is 2. The van der Waals surface area contributed by atoms with Crippen LogP contribution in [0.5, 0.6) is 0 Å². The fourth-order valence-corrected chi connectivity index (χ4v) is 1.16. The van der Waals surface area contributed by atoms with E-state index in [0.717, 1.165) is 0 Å². The molecule has 0 fully saturated rings. The molecular weight excluding hydrogens is 232 g/mol. The first kappa shape index (κ1) is 12.4. The van der Waals surface area contributed by atoms with Crippen molar-refractivity contribution in [3.05, 3.63) is 5.28 Å². The van der Waals surface area contributed by atoms with Crippen molar-refractivity contribution in [2.75, 3.05) is 37.5 Å². The zero-order chi connectivity index (χ0) is 12.3. The highest BCUT2D eigenvalue weighted by Crippen LogP contribution is 2.13. The molecule has 8 heteroatoms. The van der Waals surface area contributed by atoms with Gasteiger partial charge in [-0.25, -0.2) is 0 Å². The lowest BCUT2D eigenvalue weighted by Crippen LogP contribution is -2.32. The minimum atomic E-state index is -0.467. The van der Waals surface area contributed by atoms with E-state index in [-0.39, 0.29) is 11.8 Å². The van der Waals surface area contributed by atoms with E-state index in [9.17, 15) is 4.79 Å². The predicted molar refractivity (Wildman–Crippen MR) is 61.6 cm³/mol. The number of rotatable bonds is 4. The summed E-state index contributed by atoms with van der Waals surface area (Å²) in [5.74, 6) is 0.263. The molecule has 0 saturated carbocycles. The van der Waals surface area contributed by atoms with E-state index in [0.29, 0.717) is 11.9 Å². The van der Waals surface area contributed by atoms with Crippen molar-refractivity contribution in [1.29, 1.82) is 0 Å². The predicted octanol–water partition coefficient (Wildman–Crippen LogP) is -0.487. The lowest BCUT2D eigenvalue weighted by atomic mass is 10.5. The molecule has 0 saturated heterocycles. The lowest BCUT2D eigenvalue weighted by molar-refractivity contribution is -0.116. The summed E-state index contributed by atoms with van der Waals surface area (Å²) >= 11 is 5.74. The lowest BCUT2D eigenvalue weighted by Gasteiger charge is -2.17. The Balaban J connectivity index is 2.99. The third-order valence-corrected chi connectivity index (χ3v) is 1.89. The second-order valence-electron chi connectivity index (χ2n) is 3.42. The molecule has 0 aliphatic carbocycles. The molecule has 1 aromatic heterocycles. The first-order valence-electron chi connectivity index (χ1n) is 4.48. The van der Waals surface area contributed by atoms with Crippen LogP contribution < -0.4 is 15.5 Å². The Morgan fingerprint density at radius 2 is 1.81 bits per heavy atom. The van der Waals surface area contributed by atoms with Crippen LogP contribution in [-0.4, -0.2) is 48.5 Å². The highest BCUT2D eigenvalue weighted by Gasteiger charge is 2.11. The Bertz CT molecular complexity index is 396. The maximum absolute atomic E-state index is 10.8. The molecule has 0 unspecified atom stereocenters. The van der Waals surface area contributed by atoms with Gasteiger partial charge in [-0.15, -0.1) is 0 Å². The summed E-state index contributed by atoms with van der Waals surface area (Å²) in [5, 5.41) is 0.0741. The Labute approximate surface area is 98.2 Å². The normalized spacial score (nSPS) is 10.0. The molecule has 0 bridgehead atoms. The van der Waals surface area contributed by atoms with Crippen molar-refractivity contribution in [3.8, 4) is 0 Å². The van der Waals surface area contributed by atoms with Gasteiger partial charge in [-0.3, -0.25) is 4.79 Å². The van der Waals surface area contributed by atoms with E-state index < -0.39 is 5.91 Å². The van der Waals surface area contributed by atoms with Crippen LogP contribution in [0.15, 0.2) is 0 Å². The van der Waals surface area contributed by atoms with Crippen LogP contribution in [0.3, 0.4) is 0 Å². The van der Waals surface area contributed by atoms with E-state index in [1.165, 1.54) is 4.90 Å². The van der Waals surface area contributed by atoms with E-state index >= 15 is 0 Å². The average molecular weight is 245 g/mol. The first-order valence-corrected chi connectivity index (χ1v) is 4.86. The van der Waals surface area contributed by atoms with Crippen LogP contribution in [0.25, 0.3) is 0 Å². The molecule has 7 nitrogen and oxygen atoms in total. The molecule has 1 heterocycles. The van der Waals surface area contributed by atoms with Crippen LogP contribution in [0.4, 0.5) is 11.9 Å². The number of nitrogens with two attached hydrogens (primary N) is 1. The minimum absolute atomic E-state index is 0.0210. The molecule has 0 atom stereocenters. The summed E-state index contributed by atoms with van der Waals surface area (Å²) in [4.78, 5) is 25.9. The number of hydrogen-bond donors (Lipinski definition) is 1. The summed E-state index contributed by atoms with van der Waals surface area (Å²) in [7, 11) is 5.21. The van der Waals surface area contributed by atoms with E-state index in [1.54, 1.807) is 26.0 Å².